The van der Waals surface area contributed by atoms with Crippen LogP contribution in [0.25, 0.3) is 66.4 Å². The van der Waals surface area contributed by atoms with Crippen LogP contribution in [-0.2, 0) is 5.41 Å². The molecule has 2 heteroatoms. The van der Waals surface area contributed by atoms with Gasteiger partial charge in [0, 0.05) is 33.4 Å². The summed E-state index contributed by atoms with van der Waals surface area (Å²) >= 11 is 0. The van der Waals surface area contributed by atoms with Gasteiger partial charge in [-0.1, -0.05) is 182 Å². The lowest BCUT2D eigenvalue weighted by molar-refractivity contribution is 0.663. The smallest absolute Gasteiger partial charge is 0.0689 e. The Morgan fingerprint density at radius 3 is 1.76 bits per heavy atom. The lowest BCUT2D eigenvalue weighted by atomic mass is 9.67. The Kier molecular flexibility index (Phi) is 7.98. The normalized spacial score (nSPS) is 15.4. The summed E-state index contributed by atoms with van der Waals surface area (Å²) in [6.07, 6.45) is 5.77. The molecule has 0 bridgehead atoms. The number of rotatable bonds is 6. The lowest BCUT2D eigenvalue weighted by Gasteiger charge is -2.39. The molecule has 0 N–H and O–H groups in total. The molecule has 63 heavy (non-hydrogen) atoms. The summed E-state index contributed by atoms with van der Waals surface area (Å²) in [5, 5.41) is 2.51. The van der Waals surface area contributed by atoms with Crippen molar-refractivity contribution in [3.05, 3.63) is 264 Å². The first-order valence-corrected chi connectivity index (χ1v) is 22.1. The van der Waals surface area contributed by atoms with Gasteiger partial charge >= 0.3 is 0 Å². The molecule has 3 aliphatic rings. The van der Waals surface area contributed by atoms with E-state index in [1.165, 1.54) is 106 Å². The number of para-hydroxylation sites is 4. The average Bonchev–Trinajstić information content (AvgIpc) is 3.96. The Morgan fingerprint density at radius 2 is 1.00 bits per heavy atom. The van der Waals surface area contributed by atoms with Crippen LogP contribution >= 0.6 is 0 Å². The van der Waals surface area contributed by atoms with Crippen molar-refractivity contribution < 1.29 is 0 Å². The van der Waals surface area contributed by atoms with Gasteiger partial charge in [0.1, 0.15) is 0 Å². The van der Waals surface area contributed by atoms with Crippen LogP contribution in [0, 0.1) is 0 Å². The van der Waals surface area contributed by atoms with E-state index in [0.29, 0.717) is 0 Å². The molecule has 0 aliphatic heterocycles. The van der Waals surface area contributed by atoms with Gasteiger partial charge in [-0.25, -0.2) is 0 Å². The summed E-state index contributed by atoms with van der Waals surface area (Å²) in [4.78, 5) is 2.59. The van der Waals surface area contributed by atoms with E-state index in [1.54, 1.807) is 0 Å². The molecule has 10 aromatic rings. The van der Waals surface area contributed by atoms with Crippen LogP contribution in [0.1, 0.15) is 28.7 Å². The summed E-state index contributed by atoms with van der Waals surface area (Å²) in [5.74, 6) is 0. The fourth-order valence-electron chi connectivity index (χ4n) is 11.4. The topological polar surface area (TPSA) is 8.17 Å². The van der Waals surface area contributed by atoms with Crippen LogP contribution in [-0.4, -0.2) is 10.6 Å². The summed E-state index contributed by atoms with van der Waals surface area (Å²) in [5.41, 5.74) is 21.5. The monoisotopic (exact) mass is 802 g/mol. The highest BCUT2D eigenvalue weighted by atomic mass is 15.2. The van der Waals surface area contributed by atoms with Crippen LogP contribution in [0.4, 0.5) is 11.4 Å². The first-order chi connectivity index (χ1) is 31.3. The molecule has 1 aromatic heterocycles. The van der Waals surface area contributed by atoms with Crippen molar-refractivity contribution >= 4 is 38.8 Å². The number of benzene rings is 9. The van der Waals surface area contributed by atoms with Gasteiger partial charge < -0.3 is 9.47 Å². The van der Waals surface area contributed by atoms with Gasteiger partial charge in [-0.2, -0.15) is 0 Å². The maximum Gasteiger partial charge on any atom is 0.0689 e. The molecule has 1 heterocycles. The van der Waals surface area contributed by atoms with Gasteiger partial charge in [-0.15, -0.1) is 0 Å². The van der Waals surface area contributed by atoms with E-state index in [4.69, 9.17) is 0 Å². The third-order valence-electron chi connectivity index (χ3n) is 14.0. The van der Waals surface area contributed by atoms with Gasteiger partial charge in [0.2, 0.25) is 0 Å². The van der Waals surface area contributed by atoms with Crippen LogP contribution in [0.3, 0.4) is 0 Å². The largest absolute Gasteiger partial charge is 0.334 e. The van der Waals surface area contributed by atoms with E-state index in [1.807, 2.05) is 0 Å². The Bertz CT molecular complexity index is 3450. The molecule has 296 valence electrons. The maximum absolute atomic E-state index is 2.59. The number of allylic oxidation sites excluding steroid dienone is 2. The molecule has 3 aliphatic carbocycles. The van der Waals surface area contributed by atoms with E-state index in [2.05, 4.69) is 246 Å². The molecule has 1 unspecified atom stereocenters. The predicted molar refractivity (Wildman–Crippen MR) is 263 cm³/mol. The Morgan fingerprint density at radius 1 is 0.429 bits per heavy atom. The standard InChI is InChI=1S/C61H42N2/c1-3-20-44(21-4-1)62(46-35-36-51-50-27-9-14-31-56(50)61(57(51)40-46)54-29-12-7-25-48(54)49-26-8-13-30-55(49)61)58-32-15-10-24-47(58)43-19-17-18-41(38-43)42-34-37-60-53(39-42)52-28-11-16-33-59(52)63(60)45-22-5-2-6-23-45/h1-39,46H,40H2. The highest BCUT2D eigenvalue weighted by molar-refractivity contribution is 6.10. The van der Waals surface area contributed by atoms with E-state index < -0.39 is 0 Å². The van der Waals surface area contributed by atoms with Crippen LogP contribution in [0.5, 0.6) is 0 Å². The second-order valence-corrected chi connectivity index (χ2v) is 17.1. The minimum Gasteiger partial charge on any atom is -0.334 e. The molecule has 0 saturated carbocycles. The van der Waals surface area contributed by atoms with Crippen molar-refractivity contribution in [1.82, 2.24) is 4.57 Å². The van der Waals surface area contributed by atoms with Crippen molar-refractivity contribution in [3.8, 4) is 39.1 Å². The molecule has 0 fully saturated rings. The summed E-state index contributed by atoms with van der Waals surface area (Å²) in [7, 11) is 0. The second-order valence-electron chi connectivity index (χ2n) is 17.1. The highest BCUT2D eigenvalue weighted by Crippen LogP contribution is 2.64. The van der Waals surface area contributed by atoms with E-state index >= 15 is 0 Å². The summed E-state index contributed by atoms with van der Waals surface area (Å²) in [6, 6.07) is 83.0. The number of hydrogen-bond donors (Lipinski definition) is 0. The average molecular weight is 803 g/mol. The molecule has 1 atom stereocenters. The number of hydrogen-bond acceptors (Lipinski definition) is 1. The molecule has 0 radical (unpaired) electrons. The molecule has 0 amide bonds. The quantitative estimate of drug-likeness (QED) is 0.163. The van der Waals surface area contributed by atoms with Crippen LogP contribution in [0.2, 0.25) is 0 Å². The zero-order chi connectivity index (χ0) is 41.5. The zero-order valence-corrected chi connectivity index (χ0v) is 34.7. The Balaban J connectivity index is 0.935. The van der Waals surface area contributed by atoms with Crippen molar-refractivity contribution in [1.29, 1.82) is 0 Å². The SMILES string of the molecule is C1=CC(N(c2ccccc2)c2ccccc2-c2cccc(-c3ccc4c(c3)c3ccccc3n4-c3ccccc3)c2)CC2=C1c1ccccc1C21c2ccccc2-c2ccccc21. The Labute approximate surface area is 368 Å². The van der Waals surface area contributed by atoms with Gasteiger partial charge in [-0.3, -0.25) is 0 Å². The molecule has 9 aromatic carbocycles. The number of fused-ring (bicyclic) bond motifs is 12. The molecular formula is C61H42N2. The van der Waals surface area contributed by atoms with Crippen LogP contribution in [0.15, 0.2) is 242 Å². The van der Waals surface area contributed by atoms with Crippen molar-refractivity contribution in [3.63, 3.8) is 0 Å². The zero-order valence-electron chi connectivity index (χ0n) is 34.7. The minimum atomic E-state index is -0.354. The summed E-state index contributed by atoms with van der Waals surface area (Å²) < 4.78 is 2.38. The number of nitrogens with zero attached hydrogens (tertiary/aromatic N) is 2. The highest BCUT2D eigenvalue weighted by Gasteiger charge is 2.53. The van der Waals surface area contributed by atoms with E-state index in [9.17, 15) is 0 Å². The van der Waals surface area contributed by atoms with Crippen molar-refractivity contribution in [2.75, 3.05) is 4.90 Å². The van der Waals surface area contributed by atoms with Crippen LogP contribution < -0.4 is 4.90 Å². The second kappa shape index (κ2) is 14.1. The van der Waals surface area contributed by atoms with Gasteiger partial charge in [0.05, 0.1) is 22.5 Å². The fraction of sp³-hybridized carbons (Fsp3) is 0.0492. The molecule has 2 nitrogen and oxygen atoms in total. The minimum absolute atomic E-state index is 0.0610. The fourth-order valence-corrected chi connectivity index (χ4v) is 11.4. The maximum atomic E-state index is 2.59. The number of anilines is 2. The van der Waals surface area contributed by atoms with E-state index in [-0.39, 0.29) is 11.5 Å². The van der Waals surface area contributed by atoms with Crippen molar-refractivity contribution in [2.24, 2.45) is 0 Å². The van der Waals surface area contributed by atoms with Crippen molar-refractivity contribution in [2.45, 2.75) is 17.9 Å². The third-order valence-corrected chi connectivity index (χ3v) is 14.0. The lowest BCUT2D eigenvalue weighted by Crippen LogP contribution is -2.36. The number of aromatic nitrogens is 1. The Hall–Kier alpha value is -7.94. The van der Waals surface area contributed by atoms with Gasteiger partial charge in [-0.05, 0) is 122 Å². The molecule has 0 saturated heterocycles. The molecular weight excluding hydrogens is 761 g/mol. The van der Waals surface area contributed by atoms with Gasteiger partial charge in [0.25, 0.3) is 0 Å². The first-order valence-electron chi connectivity index (χ1n) is 22.1. The summed E-state index contributed by atoms with van der Waals surface area (Å²) in [6.45, 7) is 0. The van der Waals surface area contributed by atoms with Gasteiger partial charge in [0.15, 0.2) is 0 Å². The first kappa shape index (κ1) is 35.8. The predicted octanol–water partition coefficient (Wildman–Crippen LogP) is 15.4. The molecule has 1 spiro atoms. The third kappa shape index (κ3) is 5.25. The molecule has 13 rings (SSSR count). The van der Waals surface area contributed by atoms with E-state index in [0.717, 1.165) is 6.42 Å².